The van der Waals surface area contributed by atoms with Gasteiger partial charge < -0.3 is 29.3 Å². The third-order valence-electron chi connectivity index (χ3n) is 6.78. The predicted molar refractivity (Wildman–Crippen MR) is 140 cm³/mol. The topological polar surface area (TPSA) is 95.8 Å². The molecule has 1 atom stereocenters. The molecule has 1 aromatic carbocycles. The van der Waals surface area contributed by atoms with Crippen molar-refractivity contribution in [2.75, 3.05) is 70.2 Å². The normalized spacial score (nSPS) is 18.3. The molecule has 0 unspecified atom stereocenters. The van der Waals surface area contributed by atoms with Crippen LogP contribution in [0.25, 0.3) is 22.2 Å². The van der Waals surface area contributed by atoms with E-state index in [1.807, 2.05) is 30.0 Å². The largest absolute Gasteiger partial charge is 0.378 e. The number of likely N-dealkylation sites (N-methyl/N-ethyl adjacent to an activating group) is 1. The average Bonchev–Trinajstić information content (AvgIpc) is 3.35. The molecule has 4 heterocycles. The van der Waals surface area contributed by atoms with E-state index in [0.29, 0.717) is 36.4 Å². The van der Waals surface area contributed by atoms with Crippen LogP contribution in [0, 0.1) is 0 Å². The number of carbonyl (C=O) groups excluding carboxylic acids is 1. The second-order valence-corrected chi connectivity index (χ2v) is 9.76. The third kappa shape index (κ3) is 5.05. The van der Waals surface area contributed by atoms with Crippen LogP contribution in [0.2, 0.25) is 0 Å². The molecule has 2 aliphatic heterocycles. The summed E-state index contributed by atoms with van der Waals surface area (Å²) in [5.74, 6) is 0.620. The average molecular weight is 492 g/mol. The van der Waals surface area contributed by atoms with Crippen molar-refractivity contribution in [2.45, 2.75) is 12.5 Å². The lowest BCUT2D eigenvalue weighted by molar-refractivity contribution is -0.130. The number of rotatable bonds is 6. The highest BCUT2D eigenvalue weighted by molar-refractivity contribution is 5.91. The Labute approximate surface area is 210 Å². The lowest BCUT2D eigenvalue weighted by Crippen LogP contribution is -2.37. The molecule has 0 aliphatic carbocycles. The molecule has 3 aromatic rings. The number of hydrogen-bond acceptors (Lipinski definition) is 8. The van der Waals surface area contributed by atoms with Gasteiger partial charge in [0.25, 0.3) is 5.56 Å². The highest BCUT2D eigenvalue weighted by Crippen LogP contribution is 2.28. The van der Waals surface area contributed by atoms with Crippen molar-refractivity contribution in [3.05, 3.63) is 47.0 Å². The van der Waals surface area contributed by atoms with Gasteiger partial charge in [-0.15, -0.1) is 0 Å². The van der Waals surface area contributed by atoms with Gasteiger partial charge >= 0.3 is 0 Å². The van der Waals surface area contributed by atoms with E-state index < -0.39 is 0 Å². The summed E-state index contributed by atoms with van der Waals surface area (Å²) in [6.45, 7) is 4.88. The Bertz CT molecular complexity index is 1300. The Morgan fingerprint density at radius 3 is 2.64 bits per heavy atom. The summed E-state index contributed by atoms with van der Waals surface area (Å²) in [6.07, 6.45) is 2.33. The zero-order chi connectivity index (χ0) is 25.2. The summed E-state index contributed by atoms with van der Waals surface area (Å²) >= 11 is 0. The molecule has 5 rings (SSSR count). The van der Waals surface area contributed by atoms with E-state index in [0.717, 1.165) is 49.7 Å². The van der Waals surface area contributed by atoms with E-state index in [1.54, 1.807) is 7.05 Å². The van der Waals surface area contributed by atoms with Crippen molar-refractivity contribution < 1.29 is 9.53 Å². The fourth-order valence-corrected chi connectivity index (χ4v) is 4.81. The van der Waals surface area contributed by atoms with Gasteiger partial charge in [0.15, 0.2) is 0 Å². The van der Waals surface area contributed by atoms with Gasteiger partial charge in [-0.2, -0.15) is 0 Å². The maximum absolute atomic E-state index is 13.0. The Kier molecular flexibility index (Phi) is 6.88. The minimum Gasteiger partial charge on any atom is -0.378 e. The van der Waals surface area contributed by atoms with Gasteiger partial charge in [-0.3, -0.25) is 9.59 Å². The van der Waals surface area contributed by atoms with Crippen LogP contribution in [-0.2, 0) is 16.6 Å². The first-order valence-electron chi connectivity index (χ1n) is 12.4. The van der Waals surface area contributed by atoms with Gasteiger partial charge in [-0.05, 0) is 38.7 Å². The maximum Gasteiger partial charge on any atom is 0.264 e. The minimum atomic E-state index is -0.150. The number of carbonyl (C=O) groups is 1. The third-order valence-corrected chi connectivity index (χ3v) is 6.78. The van der Waals surface area contributed by atoms with E-state index in [4.69, 9.17) is 9.72 Å². The van der Waals surface area contributed by atoms with Crippen LogP contribution in [0.3, 0.4) is 0 Å². The van der Waals surface area contributed by atoms with Crippen LogP contribution in [0.1, 0.15) is 6.42 Å². The Morgan fingerprint density at radius 2 is 1.92 bits per heavy atom. The van der Waals surface area contributed by atoms with Crippen molar-refractivity contribution in [1.82, 2.24) is 24.3 Å². The van der Waals surface area contributed by atoms with Crippen LogP contribution < -0.4 is 15.8 Å². The fourth-order valence-electron chi connectivity index (χ4n) is 4.81. The quantitative estimate of drug-likeness (QED) is 0.553. The minimum absolute atomic E-state index is 0.00988. The molecule has 0 radical (unpaired) electrons. The van der Waals surface area contributed by atoms with Crippen LogP contribution in [0.5, 0.6) is 0 Å². The highest BCUT2D eigenvalue weighted by atomic mass is 16.5. The Balaban J connectivity index is 1.44. The van der Waals surface area contributed by atoms with E-state index in [-0.39, 0.29) is 17.5 Å². The summed E-state index contributed by atoms with van der Waals surface area (Å²) in [4.78, 5) is 41.0. The number of morpholine rings is 1. The monoisotopic (exact) mass is 491 g/mol. The molecule has 1 amide bonds. The standard InChI is InChI=1S/C26H33N7O3/c1-30(2)16-23(34)33-9-8-19(15-33)28-25-24-22(27-17-31(3)26(24)35)14-21(29-25)18-4-6-20(7-5-18)32-10-12-36-13-11-32/h4-7,14,17,19H,8-13,15-16H2,1-3H3,(H,28,29)/t19-/m1/s1. The number of anilines is 2. The molecule has 0 spiro atoms. The summed E-state index contributed by atoms with van der Waals surface area (Å²) in [6, 6.07) is 10.2. The smallest absolute Gasteiger partial charge is 0.264 e. The van der Waals surface area contributed by atoms with Crippen molar-refractivity contribution in [1.29, 1.82) is 0 Å². The highest BCUT2D eigenvalue weighted by Gasteiger charge is 2.27. The van der Waals surface area contributed by atoms with Gasteiger partial charge in [-0.25, -0.2) is 9.97 Å². The Hall–Kier alpha value is -3.50. The second kappa shape index (κ2) is 10.2. The molecular formula is C26H33N7O3. The SMILES string of the molecule is CN(C)CC(=O)N1CC[C@@H](Nc2nc(-c3ccc(N4CCOCC4)cc3)cc3ncn(C)c(=O)c23)C1. The predicted octanol–water partition coefficient (Wildman–Crippen LogP) is 1.41. The summed E-state index contributed by atoms with van der Waals surface area (Å²) < 4.78 is 6.93. The summed E-state index contributed by atoms with van der Waals surface area (Å²) in [5, 5.41) is 3.93. The fraction of sp³-hybridized carbons (Fsp3) is 0.462. The molecule has 36 heavy (non-hydrogen) atoms. The molecule has 0 bridgehead atoms. The number of benzene rings is 1. The maximum atomic E-state index is 13.0. The van der Waals surface area contributed by atoms with Crippen molar-refractivity contribution in [3.63, 3.8) is 0 Å². The van der Waals surface area contributed by atoms with Crippen LogP contribution >= 0.6 is 0 Å². The molecule has 0 saturated carbocycles. The van der Waals surface area contributed by atoms with E-state index in [1.165, 1.54) is 10.9 Å². The molecule has 2 aliphatic rings. The molecule has 1 N–H and O–H groups in total. The lowest BCUT2D eigenvalue weighted by Gasteiger charge is -2.28. The number of likely N-dealkylation sites (tertiary alicyclic amines) is 1. The first-order valence-corrected chi connectivity index (χ1v) is 12.4. The van der Waals surface area contributed by atoms with Gasteiger partial charge in [-0.1, -0.05) is 12.1 Å². The van der Waals surface area contributed by atoms with Gasteiger partial charge in [0.05, 0.1) is 37.3 Å². The van der Waals surface area contributed by atoms with E-state index in [2.05, 4.69) is 39.5 Å². The summed E-state index contributed by atoms with van der Waals surface area (Å²) in [5.41, 5.74) is 3.30. The summed E-state index contributed by atoms with van der Waals surface area (Å²) in [7, 11) is 5.47. The second-order valence-electron chi connectivity index (χ2n) is 9.76. The zero-order valence-electron chi connectivity index (χ0n) is 21.1. The molecule has 190 valence electrons. The number of fused-ring (bicyclic) bond motifs is 1. The number of nitrogens with zero attached hydrogens (tertiary/aromatic N) is 6. The Morgan fingerprint density at radius 1 is 1.17 bits per heavy atom. The van der Waals surface area contributed by atoms with E-state index in [9.17, 15) is 9.59 Å². The molecule has 10 heteroatoms. The number of pyridine rings is 1. The number of nitrogens with one attached hydrogen (secondary N) is 1. The number of amides is 1. The molecular weight excluding hydrogens is 458 g/mol. The van der Waals surface area contributed by atoms with Gasteiger partial charge in [0.2, 0.25) is 5.91 Å². The molecule has 10 nitrogen and oxygen atoms in total. The lowest BCUT2D eigenvalue weighted by atomic mass is 10.1. The van der Waals surface area contributed by atoms with Crippen LogP contribution in [0.15, 0.2) is 41.5 Å². The first-order chi connectivity index (χ1) is 17.4. The number of ether oxygens (including phenoxy) is 1. The first kappa shape index (κ1) is 24.2. The molecule has 2 fully saturated rings. The number of aromatic nitrogens is 3. The molecule has 2 aromatic heterocycles. The number of aryl methyl sites for hydroxylation is 1. The van der Waals surface area contributed by atoms with Crippen LogP contribution in [0.4, 0.5) is 11.5 Å². The van der Waals surface area contributed by atoms with Crippen LogP contribution in [-0.4, -0.2) is 96.3 Å². The zero-order valence-corrected chi connectivity index (χ0v) is 21.1. The van der Waals surface area contributed by atoms with Crippen molar-refractivity contribution in [2.24, 2.45) is 7.05 Å². The molecule has 2 saturated heterocycles. The van der Waals surface area contributed by atoms with Crippen molar-refractivity contribution >= 4 is 28.3 Å². The number of hydrogen-bond donors (Lipinski definition) is 1. The van der Waals surface area contributed by atoms with E-state index >= 15 is 0 Å². The van der Waals surface area contributed by atoms with Crippen molar-refractivity contribution in [3.8, 4) is 11.3 Å². The van der Waals surface area contributed by atoms with Gasteiger partial charge in [0.1, 0.15) is 11.2 Å². The van der Waals surface area contributed by atoms with Gasteiger partial charge in [0, 0.05) is 50.5 Å².